The van der Waals surface area contributed by atoms with Crippen LogP contribution in [0.3, 0.4) is 0 Å². The molecule has 0 heterocycles. The van der Waals surface area contributed by atoms with Gasteiger partial charge in [-0.15, -0.1) is 0 Å². The van der Waals surface area contributed by atoms with Gasteiger partial charge in [0.05, 0.1) is 11.4 Å². The highest BCUT2D eigenvalue weighted by Gasteiger charge is 2.18. The van der Waals surface area contributed by atoms with Gasteiger partial charge in [0.25, 0.3) is 0 Å². The van der Waals surface area contributed by atoms with E-state index in [-0.39, 0.29) is 12.4 Å². The third kappa shape index (κ3) is 4.68. The summed E-state index contributed by atoms with van der Waals surface area (Å²) < 4.78 is 31.6. The number of rotatable bonds is 8. The molecule has 20 heavy (non-hydrogen) atoms. The molecule has 5 nitrogen and oxygen atoms in total. The Kier molecular flexibility index (Phi) is 5.25. The van der Waals surface area contributed by atoms with Gasteiger partial charge in [-0.3, -0.25) is 0 Å². The summed E-state index contributed by atoms with van der Waals surface area (Å²) in [5, 5.41) is 0. The Morgan fingerprint density at radius 2 is 2.05 bits per heavy atom. The molecule has 112 valence electrons. The average Bonchev–Trinajstić information content (AvgIpc) is 2.35. The van der Waals surface area contributed by atoms with Crippen molar-refractivity contribution in [1.29, 1.82) is 0 Å². The Labute approximate surface area is 120 Å². The molecule has 2 rings (SSSR count). The van der Waals surface area contributed by atoms with Crippen LogP contribution in [0.2, 0.25) is 0 Å². The van der Waals surface area contributed by atoms with Gasteiger partial charge in [-0.25, -0.2) is 13.1 Å². The Balaban J connectivity index is 1.67. The quantitative estimate of drug-likeness (QED) is 0.717. The van der Waals surface area contributed by atoms with Gasteiger partial charge in [-0.2, -0.15) is 0 Å². The fraction of sp³-hybridized carbons (Fsp3) is 0.571. The lowest BCUT2D eigenvalue weighted by atomic mass is 9.83. The molecule has 0 aliphatic heterocycles. The molecule has 0 radical (unpaired) electrons. The lowest BCUT2D eigenvalue weighted by molar-refractivity contribution is 0.297. The van der Waals surface area contributed by atoms with E-state index in [4.69, 9.17) is 10.5 Å². The number of hydrogen-bond donors (Lipinski definition) is 2. The van der Waals surface area contributed by atoms with Gasteiger partial charge >= 0.3 is 0 Å². The van der Waals surface area contributed by atoms with Crippen molar-refractivity contribution < 1.29 is 13.2 Å². The molecular formula is C14H22N2O3S. The molecule has 1 aliphatic carbocycles. The predicted molar refractivity (Wildman–Crippen MR) is 80.1 cm³/mol. The first-order chi connectivity index (χ1) is 9.57. The summed E-state index contributed by atoms with van der Waals surface area (Å²) in [6, 6.07) is 7.06. The zero-order valence-corrected chi connectivity index (χ0v) is 12.4. The number of ether oxygens (including phenoxy) is 1. The first kappa shape index (κ1) is 15.1. The Morgan fingerprint density at radius 3 is 2.70 bits per heavy atom. The highest BCUT2D eigenvalue weighted by molar-refractivity contribution is 7.89. The van der Waals surface area contributed by atoms with Crippen molar-refractivity contribution >= 4 is 15.7 Å². The van der Waals surface area contributed by atoms with Crippen molar-refractivity contribution in [3.8, 4) is 5.75 Å². The summed E-state index contributed by atoms with van der Waals surface area (Å²) in [5.41, 5.74) is 6.23. The smallest absolute Gasteiger partial charge is 0.214 e. The van der Waals surface area contributed by atoms with Gasteiger partial charge < -0.3 is 10.5 Å². The highest BCUT2D eigenvalue weighted by atomic mass is 32.2. The fourth-order valence-corrected chi connectivity index (χ4v) is 3.02. The fourth-order valence-electron chi connectivity index (χ4n) is 2.15. The number of nitrogen functional groups attached to an aromatic ring is 1. The first-order valence-electron chi connectivity index (χ1n) is 7.01. The summed E-state index contributed by atoms with van der Waals surface area (Å²) in [7, 11) is -3.26. The number of nitrogens with one attached hydrogen (secondary N) is 1. The molecule has 1 aliphatic rings. The molecule has 0 atom stereocenters. The van der Waals surface area contributed by atoms with E-state index in [0.29, 0.717) is 23.9 Å². The molecule has 1 aromatic rings. The molecule has 0 saturated heterocycles. The molecule has 6 heteroatoms. The van der Waals surface area contributed by atoms with Crippen LogP contribution in [0.4, 0.5) is 5.69 Å². The number of sulfonamides is 1. The molecule has 0 aromatic heterocycles. The normalized spacial score (nSPS) is 15.8. The molecular weight excluding hydrogens is 276 g/mol. The first-order valence-corrected chi connectivity index (χ1v) is 8.67. The second-order valence-electron chi connectivity index (χ2n) is 5.19. The standard InChI is InChI=1S/C14H22N2O3S/c15-13-6-1-2-7-14(13)19-10-11-20(17,18)16-9-8-12-4-3-5-12/h1-2,6-7,12,16H,3-5,8-11,15H2. The number of hydrogen-bond acceptors (Lipinski definition) is 4. The van der Waals surface area contributed by atoms with Crippen molar-refractivity contribution in [3.63, 3.8) is 0 Å². The summed E-state index contributed by atoms with van der Waals surface area (Å²) in [4.78, 5) is 0. The third-order valence-corrected chi connectivity index (χ3v) is 4.98. The molecule has 1 saturated carbocycles. The maximum Gasteiger partial charge on any atom is 0.214 e. The number of anilines is 1. The molecule has 0 amide bonds. The van der Waals surface area contributed by atoms with E-state index in [1.807, 2.05) is 0 Å². The van der Waals surface area contributed by atoms with Crippen molar-refractivity contribution in [2.24, 2.45) is 5.92 Å². The maximum absolute atomic E-state index is 11.8. The van der Waals surface area contributed by atoms with Gasteiger partial charge in [0.2, 0.25) is 10.0 Å². The Bertz CT molecular complexity index is 527. The van der Waals surface area contributed by atoms with Gasteiger partial charge in [0.1, 0.15) is 12.4 Å². The van der Waals surface area contributed by atoms with Crippen LogP contribution in [0.15, 0.2) is 24.3 Å². The summed E-state index contributed by atoms with van der Waals surface area (Å²) in [6.07, 6.45) is 4.69. The molecule has 1 fully saturated rings. The maximum atomic E-state index is 11.8. The summed E-state index contributed by atoms with van der Waals surface area (Å²) in [6.45, 7) is 0.632. The van der Waals surface area contributed by atoms with Crippen molar-refractivity contribution in [3.05, 3.63) is 24.3 Å². The lowest BCUT2D eigenvalue weighted by Gasteiger charge is -2.25. The van der Waals surface area contributed by atoms with E-state index in [0.717, 1.165) is 6.42 Å². The second kappa shape index (κ2) is 6.95. The topological polar surface area (TPSA) is 81.4 Å². The van der Waals surface area contributed by atoms with Crippen LogP contribution in [0, 0.1) is 5.92 Å². The molecule has 3 N–H and O–H groups in total. The third-order valence-electron chi connectivity index (χ3n) is 3.63. The minimum Gasteiger partial charge on any atom is -0.490 e. The van der Waals surface area contributed by atoms with Gasteiger partial charge in [0.15, 0.2) is 0 Å². The average molecular weight is 298 g/mol. The number of benzene rings is 1. The molecule has 0 unspecified atom stereocenters. The van der Waals surface area contributed by atoms with E-state index in [2.05, 4.69) is 4.72 Å². The van der Waals surface area contributed by atoms with Crippen molar-refractivity contribution in [1.82, 2.24) is 4.72 Å². The minimum absolute atomic E-state index is 0.0496. The van der Waals surface area contributed by atoms with Crippen LogP contribution in [0.25, 0.3) is 0 Å². The van der Waals surface area contributed by atoms with E-state index in [9.17, 15) is 8.42 Å². The lowest BCUT2D eigenvalue weighted by Crippen LogP contribution is -2.31. The Hall–Kier alpha value is -1.27. The largest absolute Gasteiger partial charge is 0.490 e. The number of nitrogens with two attached hydrogens (primary N) is 1. The van der Waals surface area contributed by atoms with Crippen molar-refractivity contribution in [2.45, 2.75) is 25.7 Å². The van der Waals surface area contributed by atoms with Crippen LogP contribution in [0.5, 0.6) is 5.75 Å². The Morgan fingerprint density at radius 1 is 1.30 bits per heavy atom. The van der Waals surface area contributed by atoms with Crippen LogP contribution in [-0.2, 0) is 10.0 Å². The van der Waals surface area contributed by atoms with Crippen LogP contribution >= 0.6 is 0 Å². The summed E-state index contributed by atoms with van der Waals surface area (Å²) in [5.74, 6) is 1.18. The molecule has 0 bridgehead atoms. The zero-order valence-electron chi connectivity index (χ0n) is 11.5. The number of para-hydroxylation sites is 2. The van der Waals surface area contributed by atoms with Gasteiger partial charge in [-0.05, 0) is 24.5 Å². The second-order valence-corrected chi connectivity index (χ2v) is 7.11. The van der Waals surface area contributed by atoms with Crippen molar-refractivity contribution in [2.75, 3.05) is 24.6 Å². The van der Waals surface area contributed by atoms with Crippen LogP contribution in [-0.4, -0.2) is 27.3 Å². The van der Waals surface area contributed by atoms with Gasteiger partial charge in [-0.1, -0.05) is 31.4 Å². The monoisotopic (exact) mass is 298 g/mol. The zero-order chi connectivity index (χ0) is 14.4. The van der Waals surface area contributed by atoms with E-state index >= 15 is 0 Å². The SMILES string of the molecule is Nc1ccccc1OCCS(=O)(=O)NCCC1CCC1. The molecule has 1 aromatic carbocycles. The van der Waals surface area contributed by atoms with E-state index in [1.165, 1.54) is 19.3 Å². The highest BCUT2D eigenvalue weighted by Crippen LogP contribution is 2.28. The van der Waals surface area contributed by atoms with Crippen LogP contribution in [0.1, 0.15) is 25.7 Å². The van der Waals surface area contributed by atoms with E-state index in [1.54, 1.807) is 24.3 Å². The van der Waals surface area contributed by atoms with E-state index < -0.39 is 10.0 Å². The molecule has 0 spiro atoms. The minimum atomic E-state index is -3.26. The van der Waals surface area contributed by atoms with Crippen LogP contribution < -0.4 is 15.2 Å². The van der Waals surface area contributed by atoms with Gasteiger partial charge in [0, 0.05) is 6.54 Å². The summed E-state index contributed by atoms with van der Waals surface area (Å²) >= 11 is 0. The predicted octanol–water partition coefficient (Wildman–Crippen LogP) is 1.76.